The maximum absolute atomic E-state index is 13.1. The van der Waals surface area contributed by atoms with E-state index < -0.39 is 0 Å². The smallest absolute Gasteiger partial charge is 0.233 e. The van der Waals surface area contributed by atoms with Crippen LogP contribution in [-0.2, 0) is 9.59 Å². The van der Waals surface area contributed by atoms with Crippen molar-refractivity contribution in [1.29, 1.82) is 0 Å². The van der Waals surface area contributed by atoms with Gasteiger partial charge in [-0.3, -0.25) is 14.2 Å². The van der Waals surface area contributed by atoms with E-state index in [0.717, 1.165) is 42.1 Å². The second kappa shape index (κ2) is 10.3. The predicted octanol–water partition coefficient (Wildman–Crippen LogP) is 4.34. The standard InChI is InChI=1S/C25H29N5O2S2/c1-18-16-28(13-14-29(18)24(32)19-8-5-6-9-19)22(31)17-34-25-27-26-23(21-12-7-15-33-21)30(25)20-10-3-2-4-11-20/h2-4,7,10-12,15,18-19H,5-6,8-9,13-14,16-17H2,1H3. The van der Waals surface area contributed by atoms with Gasteiger partial charge in [0.2, 0.25) is 11.8 Å². The number of thioether (sulfide) groups is 1. The molecule has 1 saturated heterocycles. The Morgan fingerprint density at radius 2 is 1.85 bits per heavy atom. The summed E-state index contributed by atoms with van der Waals surface area (Å²) in [5.74, 6) is 1.61. The lowest BCUT2D eigenvalue weighted by atomic mass is 10.0. The number of para-hydroxylation sites is 1. The fourth-order valence-electron chi connectivity index (χ4n) is 4.88. The van der Waals surface area contributed by atoms with Gasteiger partial charge >= 0.3 is 0 Å². The third kappa shape index (κ3) is 4.77. The van der Waals surface area contributed by atoms with E-state index in [2.05, 4.69) is 17.1 Å². The topological polar surface area (TPSA) is 71.3 Å². The molecule has 7 nitrogen and oxygen atoms in total. The number of nitrogens with zero attached hydrogens (tertiary/aromatic N) is 5. The highest BCUT2D eigenvalue weighted by Crippen LogP contribution is 2.31. The molecule has 1 atom stereocenters. The summed E-state index contributed by atoms with van der Waals surface area (Å²) < 4.78 is 2.02. The molecule has 1 unspecified atom stereocenters. The van der Waals surface area contributed by atoms with Gasteiger partial charge in [0.15, 0.2) is 11.0 Å². The Kier molecular flexibility index (Phi) is 7.01. The van der Waals surface area contributed by atoms with Crippen LogP contribution in [0.25, 0.3) is 16.4 Å². The van der Waals surface area contributed by atoms with Crippen LogP contribution < -0.4 is 0 Å². The van der Waals surface area contributed by atoms with Gasteiger partial charge < -0.3 is 9.80 Å². The van der Waals surface area contributed by atoms with Gasteiger partial charge in [-0.1, -0.05) is 48.9 Å². The maximum Gasteiger partial charge on any atom is 0.233 e. The molecule has 0 bridgehead atoms. The summed E-state index contributed by atoms with van der Waals surface area (Å²) in [5.41, 5.74) is 0.971. The van der Waals surface area contributed by atoms with Crippen LogP contribution in [0.15, 0.2) is 53.0 Å². The summed E-state index contributed by atoms with van der Waals surface area (Å²) >= 11 is 3.03. The zero-order chi connectivity index (χ0) is 23.5. The first kappa shape index (κ1) is 23.1. The van der Waals surface area contributed by atoms with E-state index in [0.29, 0.717) is 30.5 Å². The third-order valence-electron chi connectivity index (χ3n) is 6.68. The lowest BCUT2D eigenvalue weighted by molar-refractivity contribution is -0.144. The van der Waals surface area contributed by atoms with Gasteiger partial charge in [0, 0.05) is 37.3 Å². The molecule has 9 heteroatoms. The number of hydrogen-bond donors (Lipinski definition) is 0. The van der Waals surface area contributed by atoms with Crippen molar-refractivity contribution in [2.45, 2.75) is 43.8 Å². The van der Waals surface area contributed by atoms with Crippen LogP contribution in [0.1, 0.15) is 32.6 Å². The lowest BCUT2D eigenvalue weighted by Crippen LogP contribution is -2.56. The molecule has 1 aromatic carbocycles. The molecule has 1 aliphatic heterocycles. The van der Waals surface area contributed by atoms with Gasteiger partial charge in [0.05, 0.1) is 10.6 Å². The van der Waals surface area contributed by atoms with Gasteiger partial charge in [0.1, 0.15) is 0 Å². The van der Waals surface area contributed by atoms with Crippen molar-refractivity contribution in [3.8, 4) is 16.4 Å². The average molecular weight is 496 g/mol. The van der Waals surface area contributed by atoms with E-state index in [1.807, 2.05) is 62.2 Å². The van der Waals surface area contributed by atoms with Gasteiger partial charge in [-0.25, -0.2) is 0 Å². The fourth-order valence-corrected chi connectivity index (χ4v) is 6.43. The van der Waals surface area contributed by atoms with E-state index >= 15 is 0 Å². The molecule has 2 amide bonds. The first-order chi connectivity index (χ1) is 16.6. The lowest BCUT2D eigenvalue weighted by Gasteiger charge is -2.41. The zero-order valence-corrected chi connectivity index (χ0v) is 20.9. The number of benzene rings is 1. The van der Waals surface area contributed by atoms with Crippen molar-refractivity contribution >= 4 is 34.9 Å². The minimum Gasteiger partial charge on any atom is -0.338 e. The molecule has 5 rings (SSSR count). The molecule has 0 N–H and O–H groups in total. The molecule has 0 spiro atoms. The Morgan fingerprint density at radius 3 is 2.56 bits per heavy atom. The van der Waals surface area contributed by atoms with Crippen LogP contribution in [0.4, 0.5) is 0 Å². The highest BCUT2D eigenvalue weighted by molar-refractivity contribution is 7.99. The van der Waals surface area contributed by atoms with Gasteiger partial charge in [-0.05, 0) is 43.3 Å². The molecular formula is C25H29N5O2S2. The molecule has 2 fully saturated rings. The summed E-state index contributed by atoms with van der Waals surface area (Å²) in [6, 6.07) is 14.1. The number of piperazine rings is 1. The molecule has 2 aromatic heterocycles. The van der Waals surface area contributed by atoms with E-state index in [1.165, 1.54) is 11.8 Å². The monoisotopic (exact) mass is 495 g/mol. The first-order valence-corrected chi connectivity index (χ1v) is 13.7. The maximum atomic E-state index is 13.1. The quantitative estimate of drug-likeness (QED) is 0.476. The van der Waals surface area contributed by atoms with E-state index in [1.54, 1.807) is 11.3 Å². The molecule has 1 saturated carbocycles. The summed E-state index contributed by atoms with van der Waals surface area (Å²) in [5, 5.41) is 11.6. The Morgan fingerprint density at radius 1 is 1.06 bits per heavy atom. The number of hydrogen-bond acceptors (Lipinski definition) is 6. The third-order valence-corrected chi connectivity index (χ3v) is 8.46. The fraction of sp³-hybridized carbons (Fsp3) is 0.440. The van der Waals surface area contributed by atoms with Crippen molar-refractivity contribution in [2.75, 3.05) is 25.4 Å². The van der Waals surface area contributed by atoms with Crippen molar-refractivity contribution in [3.63, 3.8) is 0 Å². The second-order valence-corrected chi connectivity index (χ2v) is 10.8. The van der Waals surface area contributed by atoms with Gasteiger partial charge in [-0.15, -0.1) is 21.5 Å². The van der Waals surface area contributed by atoms with Gasteiger partial charge in [0.25, 0.3) is 0 Å². The largest absolute Gasteiger partial charge is 0.338 e. The van der Waals surface area contributed by atoms with E-state index in [-0.39, 0.29) is 23.8 Å². The summed E-state index contributed by atoms with van der Waals surface area (Å²) in [6.07, 6.45) is 4.33. The van der Waals surface area contributed by atoms with E-state index in [4.69, 9.17) is 0 Å². The SMILES string of the molecule is CC1CN(C(=O)CSc2nnc(-c3cccs3)n2-c2ccccc2)CCN1C(=O)C1CCCC1. The number of carbonyl (C=O) groups excluding carboxylic acids is 2. The molecule has 34 heavy (non-hydrogen) atoms. The highest BCUT2D eigenvalue weighted by Gasteiger charge is 2.34. The van der Waals surface area contributed by atoms with Crippen molar-refractivity contribution in [2.24, 2.45) is 5.92 Å². The van der Waals surface area contributed by atoms with Crippen LogP contribution in [0.2, 0.25) is 0 Å². The number of thiophene rings is 1. The molecule has 3 heterocycles. The minimum absolute atomic E-state index is 0.0502. The molecule has 1 aliphatic carbocycles. The molecule has 3 aromatic rings. The summed E-state index contributed by atoms with van der Waals surface area (Å²) in [6.45, 7) is 3.85. The molecule has 2 aliphatic rings. The Bertz CT molecular complexity index is 1130. The zero-order valence-electron chi connectivity index (χ0n) is 19.3. The number of carbonyl (C=O) groups is 2. The number of aromatic nitrogens is 3. The minimum atomic E-state index is 0.0502. The summed E-state index contributed by atoms with van der Waals surface area (Å²) in [7, 11) is 0. The Hall–Kier alpha value is -2.65. The van der Waals surface area contributed by atoms with Crippen molar-refractivity contribution < 1.29 is 9.59 Å². The predicted molar refractivity (Wildman–Crippen MR) is 135 cm³/mol. The highest BCUT2D eigenvalue weighted by atomic mass is 32.2. The molecule has 178 valence electrons. The number of rotatable bonds is 6. The van der Waals surface area contributed by atoms with Crippen LogP contribution in [-0.4, -0.2) is 67.8 Å². The molecular weight excluding hydrogens is 466 g/mol. The Labute approximate surface area is 208 Å². The number of amides is 2. The summed E-state index contributed by atoms with van der Waals surface area (Å²) in [4.78, 5) is 30.9. The normalized spacial score (nSPS) is 19.0. The van der Waals surface area contributed by atoms with Crippen molar-refractivity contribution in [1.82, 2.24) is 24.6 Å². The van der Waals surface area contributed by atoms with Crippen LogP contribution in [0, 0.1) is 5.92 Å². The van der Waals surface area contributed by atoms with Crippen LogP contribution >= 0.6 is 23.1 Å². The van der Waals surface area contributed by atoms with Crippen molar-refractivity contribution in [3.05, 3.63) is 47.8 Å². The van der Waals surface area contributed by atoms with E-state index in [9.17, 15) is 9.59 Å². The molecule has 0 radical (unpaired) electrons. The van der Waals surface area contributed by atoms with Crippen LogP contribution in [0.3, 0.4) is 0 Å². The second-order valence-electron chi connectivity index (χ2n) is 8.94. The average Bonchev–Trinajstić information content (AvgIpc) is 3.64. The Balaban J connectivity index is 1.25. The van der Waals surface area contributed by atoms with Crippen LogP contribution in [0.5, 0.6) is 0 Å². The van der Waals surface area contributed by atoms with Gasteiger partial charge in [-0.2, -0.15) is 0 Å². The first-order valence-electron chi connectivity index (χ1n) is 11.9.